The number of hydrogen-bond donors (Lipinski definition) is 3. The van der Waals surface area contributed by atoms with Crippen molar-refractivity contribution < 1.29 is 14.7 Å². The van der Waals surface area contributed by atoms with E-state index in [2.05, 4.69) is 10.6 Å². The molecule has 1 aromatic rings. The molecule has 7 heteroatoms. The largest absolute Gasteiger partial charge is 0.480 e. The Kier molecular flexibility index (Phi) is 6.24. The van der Waals surface area contributed by atoms with Crippen LogP contribution in [0.25, 0.3) is 0 Å². The van der Waals surface area contributed by atoms with Gasteiger partial charge in [0.2, 0.25) is 0 Å². The molecular formula is C16H22ClN3O3. The molecule has 1 saturated carbocycles. The van der Waals surface area contributed by atoms with Crippen molar-refractivity contribution >= 4 is 23.6 Å². The van der Waals surface area contributed by atoms with Crippen molar-refractivity contribution in [1.29, 1.82) is 0 Å². The van der Waals surface area contributed by atoms with Crippen molar-refractivity contribution in [3.63, 3.8) is 0 Å². The number of likely N-dealkylation sites (N-methyl/N-ethyl adjacent to an activating group) is 1. The number of rotatable bonds is 7. The average molecular weight is 340 g/mol. The molecule has 2 rings (SSSR count). The third kappa shape index (κ3) is 5.41. The van der Waals surface area contributed by atoms with E-state index in [0.717, 1.165) is 18.4 Å². The van der Waals surface area contributed by atoms with Gasteiger partial charge in [0.25, 0.3) is 0 Å². The van der Waals surface area contributed by atoms with Crippen molar-refractivity contribution in [2.24, 2.45) is 0 Å². The van der Waals surface area contributed by atoms with Gasteiger partial charge in [0.15, 0.2) is 0 Å². The fourth-order valence-corrected chi connectivity index (χ4v) is 2.82. The second kappa shape index (κ2) is 8.17. The summed E-state index contributed by atoms with van der Waals surface area (Å²) in [6, 6.07) is 7.44. The number of aliphatic carboxylic acids is 1. The molecular weight excluding hydrogens is 318 g/mol. The van der Waals surface area contributed by atoms with Crippen LogP contribution in [-0.2, 0) is 11.3 Å². The first-order chi connectivity index (χ1) is 11.0. The van der Waals surface area contributed by atoms with E-state index in [9.17, 15) is 9.59 Å². The van der Waals surface area contributed by atoms with Crippen LogP contribution in [0, 0.1) is 0 Å². The van der Waals surface area contributed by atoms with Gasteiger partial charge in [-0.15, -0.1) is 0 Å². The van der Waals surface area contributed by atoms with Crippen LogP contribution >= 0.6 is 11.6 Å². The summed E-state index contributed by atoms with van der Waals surface area (Å²) in [7, 11) is 0. The summed E-state index contributed by atoms with van der Waals surface area (Å²) in [5, 5.41) is 15.2. The van der Waals surface area contributed by atoms with Crippen LogP contribution in [0.4, 0.5) is 4.79 Å². The first-order valence-corrected chi connectivity index (χ1v) is 8.10. The highest BCUT2D eigenvalue weighted by atomic mass is 35.5. The zero-order chi connectivity index (χ0) is 16.8. The lowest BCUT2D eigenvalue weighted by Gasteiger charge is -2.42. The molecule has 0 aliphatic heterocycles. The van der Waals surface area contributed by atoms with Crippen LogP contribution in [0.15, 0.2) is 24.3 Å². The number of carboxylic acid groups (broad SMARTS) is 1. The third-order valence-corrected chi connectivity index (χ3v) is 4.33. The SMILES string of the molecule is CCN(CC(=O)O)C1CC(NC(=O)NCc2ccc(Cl)cc2)C1. The first kappa shape index (κ1) is 17.6. The van der Waals surface area contributed by atoms with E-state index in [-0.39, 0.29) is 24.7 Å². The molecule has 0 saturated heterocycles. The number of halogens is 1. The number of nitrogens with zero attached hydrogens (tertiary/aromatic N) is 1. The van der Waals surface area contributed by atoms with E-state index in [1.165, 1.54) is 0 Å². The third-order valence-electron chi connectivity index (χ3n) is 4.08. The lowest BCUT2D eigenvalue weighted by molar-refractivity contribution is -0.139. The number of carboxylic acids is 1. The molecule has 1 aliphatic carbocycles. The van der Waals surface area contributed by atoms with Crippen LogP contribution in [0.2, 0.25) is 5.02 Å². The molecule has 126 valence electrons. The van der Waals surface area contributed by atoms with E-state index >= 15 is 0 Å². The van der Waals surface area contributed by atoms with Gasteiger partial charge in [0, 0.05) is 23.7 Å². The van der Waals surface area contributed by atoms with Crippen molar-refractivity contribution in [2.45, 2.75) is 38.4 Å². The summed E-state index contributed by atoms with van der Waals surface area (Å²) in [4.78, 5) is 24.6. The predicted octanol–water partition coefficient (Wildman–Crippen LogP) is 2.08. The van der Waals surface area contributed by atoms with Gasteiger partial charge < -0.3 is 15.7 Å². The normalized spacial score (nSPS) is 20.0. The number of benzene rings is 1. The highest BCUT2D eigenvalue weighted by Gasteiger charge is 2.34. The van der Waals surface area contributed by atoms with Gasteiger partial charge in [-0.2, -0.15) is 0 Å². The smallest absolute Gasteiger partial charge is 0.317 e. The molecule has 23 heavy (non-hydrogen) atoms. The number of carbonyl (C=O) groups is 2. The van der Waals surface area contributed by atoms with Gasteiger partial charge in [0.05, 0.1) is 6.54 Å². The summed E-state index contributed by atoms with van der Waals surface area (Å²) < 4.78 is 0. The second-order valence-electron chi connectivity index (χ2n) is 5.73. The molecule has 1 aliphatic rings. The minimum absolute atomic E-state index is 0.0522. The second-order valence-corrected chi connectivity index (χ2v) is 6.17. The molecule has 1 aromatic carbocycles. The van der Waals surface area contributed by atoms with Gasteiger partial charge in [0.1, 0.15) is 0 Å². The minimum Gasteiger partial charge on any atom is -0.480 e. The van der Waals surface area contributed by atoms with E-state index in [0.29, 0.717) is 18.1 Å². The average Bonchev–Trinajstić information content (AvgIpc) is 2.47. The molecule has 0 atom stereocenters. The molecule has 2 amide bonds. The summed E-state index contributed by atoms with van der Waals surface area (Å²) in [5.41, 5.74) is 0.981. The Morgan fingerprint density at radius 2 is 1.96 bits per heavy atom. The van der Waals surface area contributed by atoms with Crippen LogP contribution in [0.5, 0.6) is 0 Å². The Balaban J connectivity index is 1.67. The Hall–Kier alpha value is -1.79. The number of urea groups is 1. The van der Waals surface area contributed by atoms with Crippen LogP contribution in [-0.4, -0.2) is 47.2 Å². The maximum absolute atomic E-state index is 11.9. The highest BCUT2D eigenvalue weighted by molar-refractivity contribution is 6.30. The Labute approximate surface area is 140 Å². The fraction of sp³-hybridized carbons (Fsp3) is 0.500. The Bertz CT molecular complexity index is 544. The Morgan fingerprint density at radius 1 is 1.30 bits per heavy atom. The van der Waals surface area contributed by atoms with E-state index in [1.54, 1.807) is 12.1 Å². The monoisotopic (exact) mass is 339 g/mol. The quantitative estimate of drug-likeness (QED) is 0.710. The molecule has 0 unspecified atom stereocenters. The number of nitrogens with one attached hydrogen (secondary N) is 2. The van der Waals surface area contributed by atoms with Gasteiger partial charge in [-0.05, 0) is 37.1 Å². The molecule has 0 aromatic heterocycles. The van der Waals surface area contributed by atoms with Crippen molar-refractivity contribution in [1.82, 2.24) is 15.5 Å². The predicted molar refractivity (Wildman–Crippen MR) is 88.5 cm³/mol. The van der Waals surface area contributed by atoms with Crippen molar-refractivity contribution in [2.75, 3.05) is 13.1 Å². The zero-order valence-corrected chi connectivity index (χ0v) is 13.8. The number of amides is 2. The molecule has 3 N–H and O–H groups in total. The Morgan fingerprint density at radius 3 is 2.52 bits per heavy atom. The minimum atomic E-state index is -0.816. The van der Waals surface area contributed by atoms with Crippen molar-refractivity contribution in [3.05, 3.63) is 34.9 Å². The molecule has 1 fully saturated rings. The van der Waals surface area contributed by atoms with Crippen LogP contribution in [0.1, 0.15) is 25.3 Å². The molecule has 0 bridgehead atoms. The fourth-order valence-electron chi connectivity index (χ4n) is 2.70. The van der Waals surface area contributed by atoms with E-state index in [1.807, 2.05) is 24.0 Å². The van der Waals surface area contributed by atoms with Gasteiger partial charge in [-0.25, -0.2) is 4.79 Å². The summed E-state index contributed by atoms with van der Waals surface area (Å²) in [5.74, 6) is -0.816. The molecule has 0 heterocycles. The lowest BCUT2D eigenvalue weighted by Crippen LogP contribution is -2.56. The van der Waals surface area contributed by atoms with Gasteiger partial charge in [-0.3, -0.25) is 9.69 Å². The van der Waals surface area contributed by atoms with Crippen molar-refractivity contribution in [3.8, 4) is 0 Å². The molecule has 0 radical (unpaired) electrons. The van der Waals surface area contributed by atoms with E-state index < -0.39 is 5.97 Å². The summed E-state index contributed by atoms with van der Waals surface area (Å²) in [6.45, 7) is 3.14. The molecule has 6 nitrogen and oxygen atoms in total. The van der Waals surface area contributed by atoms with Gasteiger partial charge in [-0.1, -0.05) is 30.7 Å². The number of hydrogen-bond acceptors (Lipinski definition) is 3. The summed E-state index contributed by atoms with van der Waals surface area (Å²) in [6.07, 6.45) is 1.57. The standard InChI is InChI=1S/C16H22ClN3O3/c1-2-20(10-15(21)22)14-7-13(8-14)19-16(23)18-9-11-3-5-12(17)6-4-11/h3-6,13-14H,2,7-10H2,1H3,(H,21,22)(H2,18,19,23). The lowest BCUT2D eigenvalue weighted by atomic mass is 9.85. The van der Waals surface area contributed by atoms with Crippen LogP contribution in [0.3, 0.4) is 0 Å². The summed E-state index contributed by atoms with van der Waals surface area (Å²) >= 11 is 5.81. The highest BCUT2D eigenvalue weighted by Crippen LogP contribution is 2.25. The number of carbonyl (C=O) groups excluding carboxylic acids is 1. The maximum atomic E-state index is 11.9. The zero-order valence-electron chi connectivity index (χ0n) is 13.1. The maximum Gasteiger partial charge on any atom is 0.317 e. The van der Waals surface area contributed by atoms with E-state index in [4.69, 9.17) is 16.7 Å². The topological polar surface area (TPSA) is 81.7 Å². The van der Waals surface area contributed by atoms with Crippen LogP contribution < -0.4 is 10.6 Å². The first-order valence-electron chi connectivity index (χ1n) is 7.72. The van der Waals surface area contributed by atoms with Gasteiger partial charge >= 0.3 is 12.0 Å². The molecule has 0 spiro atoms.